The number of aliphatic hydroxyl groups excluding tert-OH is 1. The summed E-state index contributed by atoms with van der Waals surface area (Å²) >= 11 is 0. The number of benzene rings is 1. The van der Waals surface area contributed by atoms with Crippen molar-refractivity contribution in [3.8, 4) is 0 Å². The first-order valence-electron chi connectivity index (χ1n) is 6.30. The molecule has 1 aromatic heterocycles. The average molecular weight is 276 g/mol. The molecule has 1 fully saturated rings. The van der Waals surface area contributed by atoms with Gasteiger partial charge in [-0.05, 0) is 18.2 Å². The summed E-state index contributed by atoms with van der Waals surface area (Å²) < 4.78 is 13.1. The maximum Gasteiger partial charge on any atom is 0.210 e. The maximum absolute atomic E-state index is 13.1. The van der Waals surface area contributed by atoms with Crippen molar-refractivity contribution in [3.63, 3.8) is 0 Å². The Morgan fingerprint density at radius 1 is 1.50 bits per heavy atom. The molecule has 0 radical (unpaired) electrons. The Labute approximate surface area is 114 Å². The number of hydrogen-bond donors (Lipinski definition) is 2. The maximum atomic E-state index is 13.1. The van der Waals surface area contributed by atoms with Gasteiger partial charge in [0.1, 0.15) is 5.82 Å². The van der Waals surface area contributed by atoms with E-state index in [2.05, 4.69) is 4.98 Å². The summed E-state index contributed by atoms with van der Waals surface area (Å²) in [6, 6.07) is 3.47. The summed E-state index contributed by atoms with van der Waals surface area (Å²) in [6.07, 6.45) is 1.63. The number of aromatic nitrogens is 1. The van der Waals surface area contributed by atoms with Gasteiger partial charge in [0.25, 0.3) is 0 Å². The summed E-state index contributed by atoms with van der Waals surface area (Å²) in [5.74, 6) is -0.629. The molecule has 2 N–H and O–H groups in total. The topological polar surface area (TPSA) is 73.4 Å². The number of halogens is 1. The van der Waals surface area contributed by atoms with Gasteiger partial charge >= 0.3 is 0 Å². The first-order chi connectivity index (χ1) is 9.60. The summed E-state index contributed by atoms with van der Waals surface area (Å²) in [5, 5.41) is 10.2. The minimum absolute atomic E-state index is 0.164. The Morgan fingerprint density at radius 2 is 2.30 bits per heavy atom. The fraction of sp³-hybridized carbons (Fsp3) is 0.286. The van der Waals surface area contributed by atoms with Gasteiger partial charge in [-0.25, -0.2) is 4.39 Å². The smallest absolute Gasteiger partial charge is 0.210 e. The largest absolute Gasteiger partial charge is 0.391 e. The number of amides is 1. The second-order valence-corrected chi connectivity index (χ2v) is 4.96. The molecular weight excluding hydrogens is 263 g/mol. The van der Waals surface area contributed by atoms with Gasteiger partial charge in [0.05, 0.1) is 12.1 Å². The highest BCUT2D eigenvalue weighted by Crippen LogP contribution is 2.25. The number of aromatic amines is 1. The van der Waals surface area contributed by atoms with Crippen LogP contribution in [0, 0.1) is 5.82 Å². The van der Waals surface area contributed by atoms with E-state index >= 15 is 0 Å². The Bertz CT molecular complexity index is 682. The van der Waals surface area contributed by atoms with E-state index in [4.69, 9.17) is 0 Å². The van der Waals surface area contributed by atoms with Crippen LogP contribution in [0.25, 0.3) is 10.9 Å². The highest BCUT2D eigenvalue weighted by Gasteiger charge is 2.36. The summed E-state index contributed by atoms with van der Waals surface area (Å²) in [5.41, 5.74) is 0.940. The predicted octanol–water partition coefficient (Wildman–Crippen LogP) is 1.08. The van der Waals surface area contributed by atoms with Crippen molar-refractivity contribution < 1.29 is 19.1 Å². The number of carbonyl (C=O) groups is 2. The quantitative estimate of drug-likeness (QED) is 0.651. The summed E-state index contributed by atoms with van der Waals surface area (Å²) in [7, 11) is 0. The average Bonchev–Trinajstić information content (AvgIpc) is 3.00. The van der Waals surface area contributed by atoms with E-state index < -0.39 is 12.1 Å². The van der Waals surface area contributed by atoms with Gasteiger partial charge in [0.15, 0.2) is 5.78 Å². The zero-order valence-corrected chi connectivity index (χ0v) is 10.5. The van der Waals surface area contributed by atoms with Crippen molar-refractivity contribution in [1.82, 2.24) is 9.88 Å². The van der Waals surface area contributed by atoms with Crippen molar-refractivity contribution >= 4 is 23.1 Å². The van der Waals surface area contributed by atoms with E-state index in [0.717, 1.165) is 0 Å². The zero-order valence-electron chi connectivity index (χ0n) is 10.5. The third-order valence-corrected chi connectivity index (χ3v) is 3.66. The molecule has 0 saturated carbocycles. The van der Waals surface area contributed by atoms with Crippen molar-refractivity contribution in [2.45, 2.75) is 18.6 Å². The van der Waals surface area contributed by atoms with Crippen LogP contribution in [0.15, 0.2) is 24.4 Å². The van der Waals surface area contributed by atoms with Crippen LogP contribution in [0.4, 0.5) is 4.39 Å². The standard InChI is InChI=1S/C14H13FN2O3/c15-8-1-2-10-11(5-16-12(10)3-8)14(20)13-4-9(19)6-17(13)7-18/h1-3,5,7,9,13,16,19H,4,6H2. The minimum atomic E-state index is -0.684. The molecule has 0 bridgehead atoms. The lowest BCUT2D eigenvalue weighted by Gasteiger charge is -2.17. The number of Topliss-reactive ketones (excluding diaryl/α,β-unsaturated/α-hetero) is 1. The molecule has 1 aliphatic rings. The molecular formula is C14H13FN2O3. The number of H-pyrrole nitrogens is 1. The van der Waals surface area contributed by atoms with Crippen LogP contribution in [0.2, 0.25) is 0 Å². The number of ketones is 1. The number of β-amino-alcohol motifs (C(OH)–C–C–N with tert-alkyl or cyclic N) is 1. The Hall–Kier alpha value is -2.21. The van der Waals surface area contributed by atoms with Crippen LogP contribution in [-0.2, 0) is 4.79 Å². The molecule has 1 saturated heterocycles. The second kappa shape index (κ2) is 4.72. The van der Waals surface area contributed by atoms with Crippen LogP contribution in [-0.4, -0.2) is 45.9 Å². The molecule has 6 heteroatoms. The number of rotatable bonds is 3. The Kier molecular flexibility index (Phi) is 3.02. The first kappa shape index (κ1) is 12.8. The number of nitrogens with zero attached hydrogens (tertiary/aromatic N) is 1. The summed E-state index contributed by atoms with van der Waals surface area (Å²) in [4.78, 5) is 27.6. The van der Waals surface area contributed by atoms with Crippen LogP contribution < -0.4 is 0 Å². The van der Waals surface area contributed by atoms with Gasteiger partial charge in [-0.2, -0.15) is 0 Å². The number of carbonyl (C=O) groups excluding carboxylic acids is 2. The van der Waals surface area contributed by atoms with E-state index in [1.165, 1.54) is 29.3 Å². The van der Waals surface area contributed by atoms with E-state index in [-0.39, 0.29) is 24.6 Å². The highest BCUT2D eigenvalue weighted by molar-refractivity contribution is 6.10. The summed E-state index contributed by atoms with van der Waals surface area (Å²) in [6.45, 7) is 0.164. The number of hydrogen-bond acceptors (Lipinski definition) is 3. The number of fused-ring (bicyclic) bond motifs is 1. The van der Waals surface area contributed by atoms with Crippen molar-refractivity contribution in [2.24, 2.45) is 0 Å². The van der Waals surface area contributed by atoms with E-state index in [1.54, 1.807) is 0 Å². The lowest BCUT2D eigenvalue weighted by atomic mass is 10.0. The van der Waals surface area contributed by atoms with E-state index in [1.807, 2.05) is 0 Å². The van der Waals surface area contributed by atoms with Crippen LogP contribution in [0.5, 0.6) is 0 Å². The highest BCUT2D eigenvalue weighted by atomic mass is 19.1. The second-order valence-electron chi connectivity index (χ2n) is 4.96. The molecule has 1 aromatic carbocycles. The minimum Gasteiger partial charge on any atom is -0.391 e. The molecule has 104 valence electrons. The van der Waals surface area contributed by atoms with Crippen LogP contribution in [0.1, 0.15) is 16.8 Å². The molecule has 2 atom stereocenters. The van der Waals surface area contributed by atoms with E-state index in [0.29, 0.717) is 22.9 Å². The van der Waals surface area contributed by atoms with Crippen molar-refractivity contribution in [2.75, 3.05) is 6.54 Å². The molecule has 1 amide bonds. The van der Waals surface area contributed by atoms with Gasteiger partial charge < -0.3 is 15.0 Å². The number of likely N-dealkylation sites (tertiary alicyclic amines) is 1. The van der Waals surface area contributed by atoms with Gasteiger partial charge in [-0.1, -0.05) is 0 Å². The zero-order chi connectivity index (χ0) is 14.3. The van der Waals surface area contributed by atoms with E-state index in [9.17, 15) is 19.1 Å². The third-order valence-electron chi connectivity index (χ3n) is 3.66. The fourth-order valence-corrected chi connectivity index (χ4v) is 2.69. The third kappa shape index (κ3) is 1.98. The van der Waals surface area contributed by atoms with Crippen molar-refractivity contribution in [1.29, 1.82) is 0 Å². The van der Waals surface area contributed by atoms with Gasteiger partial charge in [-0.3, -0.25) is 9.59 Å². The normalized spacial score (nSPS) is 22.4. The Morgan fingerprint density at radius 3 is 3.05 bits per heavy atom. The van der Waals surface area contributed by atoms with Crippen LogP contribution >= 0.6 is 0 Å². The van der Waals surface area contributed by atoms with Gasteiger partial charge in [0, 0.05) is 35.6 Å². The molecule has 5 nitrogen and oxygen atoms in total. The molecule has 20 heavy (non-hydrogen) atoms. The molecule has 1 aliphatic heterocycles. The van der Waals surface area contributed by atoms with Crippen LogP contribution in [0.3, 0.4) is 0 Å². The molecule has 2 unspecified atom stereocenters. The van der Waals surface area contributed by atoms with Gasteiger partial charge in [-0.15, -0.1) is 0 Å². The predicted molar refractivity (Wildman–Crippen MR) is 69.8 cm³/mol. The number of aliphatic hydroxyl groups is 1. The first-order valence-corrected chi connectivity index (χ1v) is 6.30. The molecule has 2 aromatic rings. The fourth-order valence-electron chi connectivity index (χ4n) is 2.69. The molecule has 0 aliphatic carbocycles. The number of nitrogens with one attached hydrogen (secondary N) is 1. The Balaban J connectivity index is 1.98. The lowest BCUT2D eigenvalue weighted by Crippen LogP contribution is -2.35. The monoisotopic (exact) mass is 276 g/mol. The van der Waals surface area contributed by atoms with Crippen molar-refractivity contribution in [3.05, 3.63) is 35.8 Å². The molecule has 3 rings (SSSR count). The molecule has 0 spiro atoms. The molecule has 2 heterocycles. The van der Waals surface area contributed by atoms with Gasteiger partial charge in [0.2, 0.25) is 6.41 Å². The lowest BCUT2D eigenvalue weighted by molar-refractivity contribution is -0.118. The SMILES string of the molecule is O=CN1CC(O)CC1C(=O)c1c[nH]c2cc(F)ccc12.